The van der Waals surface area contributed by atoms with E-state index in [1.165, 1.54) is 12.0 Å². The number of hydrogen-bond acceptors (Lipinski definition) is 1. The van der Waals surface area contributed by atoms with Crippen molar-refractivity contribution >= 4 is 11.9 Å². The van der Waals surface area contributed by atoms with Crippen molar-refractivity contribution in [3.8, 4) is 0 Å². The minimum atomic E-state index is 0.638. The Kier molecular flexibility index (Phi) is 4.82. The molecule has 0 aliphatic heterocycles. The van der Waals surface area contributed by atoms with Gasteiger partial charge in [0.1, 0.15) is 0 Å². The van der Waals surface area contributed by atoms with Crippen LogP contribution < -0.4 is 0 Å². The lowest BCUT2D eigenvalue weighted by Gasteiger charge is -2.08. The summed E-state index contributed by atoms with van der Waals surface area (Å²) in [7, 11) is 0. The average molecular weight is 201 g/mol. The van der Waals surface area contributed by atoms with Crippen molar-refractivity contribution in [2.75, 3.05) is 0 Å². The first kappa shape index (κ1) is 11.7. The van der Waals surface area contributed by atoms with E-state index in [9.17, 15) is 0 Å². The van der Waals surface area contributed by atoms with Crippen molar-refractivity contribution in [2.45, 2.75) is 33.1 Å². The van der Waals surface area contributed by atoms with Gasteiger partial charge in [-0.1, -0.05) is 32.1 Å². The van der Waals surface area contributed by atoms with E-state index in [4.69, 9.17) is 0 Å². The van der Waals surface area contributed by atoms with Gasteiger partial charge < -0.3 is 0 Å². The average Bonchev–Trinajstić information content (AvgIpc) is 2.29. The molecule has 1 unspecified atom stereocenters. The molecule has 1 rings (SSSR count). The molecular weight excluding hydrogens is 182 g/mol. The minimum Gasteiger partial charge on any atom is -0.257 e. The third-order valence-corrected chi connectivity index (χ3v) is 2.58. The Morgan fingerprint density at radius 2 is 1.93 bits per heavy atom. The van der Waals surface area contributed by atoms with Crippen LogP contribution in [0, 0.1) is 0 Å². The van der Waals surface area contributed by atoms with Crippen LogP contribution in [0.5, 0.6) is 0 Å². The van der Waals surface area contributed by atoms with Gasteiger partial charge in [0, 0.05) is 6.21 Å². The molecule has 0 aromatic heterocycles. The van der Waals surface area contributed by atoms with Gasteiger partial charge in [-0.25, -0.2) is 0 Å². The molecule has 0 fully saturated rings. The summed E-state index contributed by atoms with van der Waals surface area (Å²) in [5.74, 6) is 0.638. The standard InChI is InChI=1S/C14H19N/c1-4-6-11-15-14-9-7-13(8-10-14)12(3)5-2/h4,6-12H,5H2,1-3H3/b6-4-,15-11?. The zero-order chi connectivity index (χ0) is 11.1. The van der Waals surface area contributed by atoms with E-state index in [2.05, 4.69) is 43.1 Å². The maximum Gasteiger partial charge on any atom is 0.0629 e. The topological polar surface area (TPSA) is 12.4 Å². The Labute approximate surface area is 92.6 Å². The molecular formula is C14H19N. The van der Waals surface area contributed by atoms with E-state index in [1.807, 2.05) is 25.3 Å². The van der Waals surface area contributed by atoms with E-state index in [0.717, 1.165) is 5.69 Å². The molecule has 0 bridgehead atoms. The summed E-state index contributed by atoms with van der Waals surface area (Å²) in [5, 5.41) is 0. The van der Waals surface area contributed by atoms with Crippen LogP contribution in [0.2, 0.25) is 0 Å². The van der Waals surface area contributed by atoms with Crippen molar-refractivity contribution in [1.29, 1.82) is 0 Å². The van der Waals surface area contributed by atoms with Gasteiger partial charge in [0.15, 0.2) is 0 Å². The van der Waals surface area contributed by atoms with Crippen LogP contribution in [0.1, 0.15) is 38.7 Å². The summed E-state index contributed by atoms with van der Waals surface area (Å²) in [4.78, 5) is 4.31. The van der Waals surface area contributed by atoms with E-state index < -0.39 is 0 Å². The van der Waals surface area contributed by atoms with Crippen LogP contribution >= 0.6 is 0 Å². The molecule has 1 atom stereocenters. The summed E-state index contributed by atoms with van der Waals surface area (Å²) >= 11 is 0. The Hall–Kier alpha value is -1.37. The van der Waals surface area contributed by atoms with E-state index >= 15 is 0 Å². The molecule has 80 valence electrons. The molecule has 0 aliphatic rings. The highest BCUT2D eigenvalue weighted by atomic mass is 14.7. The lowest BCUT2D eigenvalue weighted by atomic mass is 9.99. The molecule has 1 nitrogen and oxygen atoms in total. The Morgan fingerprint density at radius 3 is 2.47 bits per heavy atom. The van der Waals surface area contributed by atoms with Gasteiger partial charge in [-0.15, -0.1) is 0 Å². The number of hydrogen-bond donors (Lipinski definition) is 0. The van der Waals surface area contributed by atoms with Crippen LogP contribution in [0.15, 0.2) is 41.4 Å². The SMILES string of the molecule is C/C=C\C=Nc1ccc(C(C)CC)cc1. The molecule has 1 heteroatoms. The molecule has 0 amide bonds. The minimum absolute atomic E-state index is 0.638. The molecule has 0 heterocycles. The van der Waals surface area contributed by atoms with Crippen molar-refractivity contribution in [3.63, 3.8) is 0 Å². The quantitative estimate of drug-likeness (QED) is 0.637. The first-order chi connectivity index (χ1) is 7.27. The number of aliphatic imine (C=N–C) groups is 1. The fourth-order valence-electron chi connectivity index (χ4n) is 1.34. The van der Waals surface area contributed by atoms with Crippen LogP contribution in [-0.2, 0) is 0 Å². The van der Waals surface area contributed by atoms with Crippen LogP contribution in [0.25, 0.3) is 0 Å². The smallest absolute Gasteiger partial charge is 0.0629 e. The zero-order valence-electron chi connectivity index (χ0n) is 9.77. The van der Waals surface area contributed by atoms with Crippen molar-refractivity contribution in [1.82, 2.24) is 0 Å². The predicted molar refractivity (Wildman–Crippen MR) is 68.1 cm³/mol. The third-order valence-electron chi connectivity index (χ3n) is 2.58. The second kappa shape index (κ2) is 6.18. The number of nitrogens with zero attached hydrogens (tertiary/aromatic N) is 1. The Balaban J connectivity index is 2.72. The third kappa shape index (κ3) is 3.70. The highest BCUT2D eigenvalue weighted by molar-refractivity contribution is 5.74. The maximum atomic E-state index is 4.31. The number of rotatable bonds is 4. The molecule has 0 spiro atoms. The van der Waals surface area contributed by atoms with Crippen molar-refractivity contribution < 1.29 is 0 Å². The second-order valence-corrected chi connectivity index (χ2v) is 3.70. The number of benzene rings is 1. The summed E-state index contributed by atoms with van der Waals surface area (Å²) in [6.45, 7) is 6.44. The van der Waals surface area contributed by atoms with E-state index in [-0.39, 0.29) is 0 Å². The lowest BCUT2D eigenvalue weighted by Crippen LogP contribution is -1.89. The first-order valence-electron chi connectivity index (χ1n) is 5.53. The maximum absolute atomic E-state index is 4.31. The fraction of sp³-hybridized carbons (Fsp3) is 0.357. The summed E-state index contributed by atoms with van der Waals surface area (Å²) in [6.07, 6.45) is 6.90. The van der Waals surface area contributed by atoms with Gasteiger partial charge in [-0.3, -0.25) is 4.99 Å². The molecule has 0 N–H and O–H groups in total. The molecule has 0 saturated carbocycles. The monoisotopic (exact) mass is 201 g/mol. The van der Waals surface area contributed by atoms with E-state index in [1.54, 1.807) is 0 Å². The number of allylic oxidation sites excluding steroid dienone is 2. The van der Waals surface area contributed by atoms with Gasteiger partial charge in [0.05, 0.1) is 5.69 Å². The molecule has 1 aromatic carbocycles. The highest BCUT2D eigenvalue weighted by Gasteiger charge is 2.01. The molecule has 0 aliphatic carbocycles. The summed E-state index contributed by atoms with van der Waals surface area (Å²) < 4.78 is 0. The molecule has 1 aromatic rings. The molecule has 0 radical (unpaired) electrons. The van der Waals surface area contributed by atoms with Gasteiger partial charge >= 0.3 is 0 Å². The van der Waals surface area contributed by atoms with Crippen LogP contribution in [0.3, 0.4) is 0 Å². The zero-order valence-corrected chi connectivity index (χ0v) is 9.77. The van der Waals surface area contributed by atoms with Crippen molar-refractivity contribution in [2.24, 2.45) is 4.99 Å². The summed E-state index contributed by atoms with van der Waals surface area (Å²) in [6, 6.07) is 8.47. The lowest BCUT2D eigenvalue weighted by molar-refractivity contribution is 0.734. The van der Waals surface area contributed by atoms with Gasteiger partial charge in [-0.05, 0) is 43.0 Å². The van der Waals surface area contributed by atoms with Gasteiger partial charge in [0.2, 0.25) is 0 Å². The van der Waals surface area contributed by atoms with Crippen LogP contribution in [0.4, 0.5) is 5.69 Å². The van der Waals surface area contributed by atoms with Gasteiger partial charge in [-0.2, -0.15) is 0 Å². The highest BCUT2D eigenvalue weighted by Crippen LogP contribution is 2.21. The Bertz CT molecular complexity index is 333. The van der Waals surface area contributed by atoms with Crippen LogP contribution in [-0.4, -0.2) is 6.21 Å². The Morgan fingerprint density at radius 1 is 1.27 bits per heavy atom. The van der Waals surface area contributed by atoms with E-state index in [0.29, 0.717) is 5.92 Å². The molecule has 0 saturated heterocycles. The fourth-order valence-corrected chi connectivity index (χ4v) is 1.34. The largest absolute Gasteiger partial charge is 0.257 e. The van der Waals surface area contributed by atoms with Gasteiger partial charge in [0.25, 0.3) is 0 Å². The predicted octanol–water partition coefficient (Wildman–Crippen LogP) is 4.48. The summed E-state index contributed by atoms with van der Waals surface area (Å²) in [5.41, 5.74) is 2.41. The van der Waals surface area contributed by atoms with Crippen molar-refractivity contribution in [3.05, 3.63) is 42.0 Å². The first-order valence-corrected chi connectivity index (χ1v) is 5.53. The molecule has 15 heavy (non-hydrogen) atoms. The second-order valence-electron chi connectivity index (χ2n) is 3.70. The normalized spacial score (nSPS) is 13.8.